The first-order chi connectivity index (χ1) is 6.77. The van der Waals surface area contributed by atoms with Crippen LogP contribution in [-0.2, 0) is 0 Å². The molecule has 0 aromatic rings. The monoisotopic (exact) mass is 308 g/mol. The van der Waals surface area contributed by atoms with Crippen molar-refractivity contribution >= 4 is 22.6 Å². The van der Waals surface area contributed by atoms with Gasteiger partial charge in [-0.2, -0.15) is 0 Å². The summed E-state index contributed by atoms with van der Waals surface area (Å²) in [6.07, 6.45) is 5.85. The highest BCUT2D eigenvalue weighted by molar-refractivity contribution is 14.1. The third-order valence-electron chi connectivity index (χ3n) is 3.69. The van der Waals surface area contributed by atoms with E-state index in [1.54, 1.807) is 0 Å². The lowest BCUT2D eigenvalue weighted by molar-refractivity contribution is 0.0977. The fraction of sp³-hybridized carbons (Fsp3) is 1.00. The molecule has 0 spiro atoms. The summed E-state index contributed by atoms with van der Waals surface area (Å²) in [5.74, 6) is 0. The van der Waals surface area contributed by atoms with Gasteiger partial charge in [0.15, 0.2) is 0 Å². The van der Waals surface area contributed by atoms with E-state index in [-0.39, 0.29) is 0 Å². The van der Waals surface area contributed by atoms with Gasteiger partial charge in [-0.3, -0.25) is 9.80 Å². The number of hydrogen-bond acceptors (Lipinski definition) is 2. The van der Waals surface area contributed by atoms with E-state index in [2.05, 4.69) is 39.3 Å². The Morgan fingerprint density at radius 2 is 1.64 bits per heavy atom. The molecule has 1 atom stereocenters. The summed E-state index contributed by atoms with van der Waals surface area (Å²) in [7, 11) is 0. The standard InChI is InChI=1S/C11H21IN2/c1-10(12)13-6-8-14(9-7-13)11-4-2-3-5-11/h10-11H,2-9H2,1H3. The third-order valence-corrected chi connectivity index (χ3v) is 4.48. The average molecular weight is 308 g/mol. The topological polar surface area (TPSA) is 6.48 Å². The molecule has 1 heterocycles. The molecule has 0 N–H and O–H groups in total. The Labute approximate surface area is 101 Å². The zero-order valence-corrected chi connectivity index (χ0v) is 11.2. The lowest BCUT2D eigenvalue weighted by Crippen LogP contribution is -2.50. The third kappa shape index (κ3) is 2.61. The Morgan fingerprint density at radius 3 is 2.14 bits per heavy atom. The van der Waals surface area contributed by atoms with Gasteiger partial charge in [-0.25, -0.2) is 0 Å². The molecule has 2 rings (SSSR count). The van der Waals surface area contributed by atoms with E-state index in [1.165, 1.54) is 51.9 Å². The number of rotatable bonds is 2. The molecular weight excluding hydrogens is 287 g/mol. The van der Waals surface area contributed by atoms with Gasteiger partial charge in [-0.1, -0.05) is 35.4 Å². The van der Waals surface area contributed by atoms with Gasteiger partial charge in [-0.15, -0.1) is 0 Å². The zero-order valence-electron chi connectivity index (χ0n) is 9.08. The molecule has 2 aliphatic rings. The van der Waals surface area contributed by atoms with Gasteiger partial charge in [0, 0.05) is 32.2 Å². The van der Waals surface area contributed by atoms with Crippen LogP contribution in [0.1, 0.15) is 32.6 Å². The van der Waals surface area contributed by atoms with Crippen LogP contribution in [0.5, 0.6) is 0 Å². The summed E-state index contributed by atoms with van der Waals surface area (Å²) in [5, 5.41) is 0. The molecule has 1 aliphatic heterocycles. The molecule has 1 saturated carbocycles. The molecule has 82 valence electrons. The van der Waals surface area contributed by atoms with Crippen LogP contribution >= 0.6 is 22.6 Å². The highest BCUT2D eigenvalue weighted by Crippen LogP contribution is 2.24. The molecule has 1 saturated heterocycles. The SMILES string of the molecule is CC(I)N1CCN(C2CCCC2)CC1. The van der Waals surface area contributed by atoms with E-state index in [1.807, 2.05) is 0 Å². The van der Waals surface area contributed by atoms with E-state index < -0.39 is 0 Å². The molecule has 2 fully saturated rings. The van der Waals surface area contributed by atoms with Gasteiger partial charge in [0.25, 0.3) is 0 Å². The Hall–Kier alpha value is 0.650. The first kappa shape index (κ1) is 11.1. The Morgan fingerprint density at radius 1 is 1.07 bits per heavy atom. The molecule has 0 amide bonds. The van der Waals surface area contributed by atoms with Crippen LogP contribution in [0, 0.1) is 0 Å². The molecule has 2 nitrogen and oxygen atoms in total. The summed E-state index contributed by atoms with van der Waals surface area (Å²) < 4.78 is 0.707. The van der Waals surface area contributed by atoms with Crippen LogP contribution in [0.2, 0.25) is 0 Å². The van der Waals surface area contributed by atoms with Crippen LogP contribution in [-0.4, -0.2) is 46.1 Å². The van der Waals surface area contributed by atoms with Crippen molar-refractivity contribution in [1.29, 1.82) is 0 Å². The maximum atomic E-state index is 2.72. The minimum absolute atomic E-state index is 0.707. The highest BCUT2D eigenvalue weighted by atomic mass is 127. The average Bonchev–Trinajstić information content (AvgIpc) is 2.71. The molecule has 0 radical (unpaired) electrons. The minimum atomic E-state index is 0.707. The van der Waals surface area contributed by atoms with E-state index in [9.17, 15) is 0 Å². The molecule has 1 unspecified atom stereocenters. The number of nitrogens with zero attached hydrogens (tertiary/aromatic N) is 2. The molecule has 3 heteroatoms. The van der Waals surface area contributed by atoms with Gasteiger partial charge in [0.05, 0.1) is 4.05 Å². The van der Waals surface area contributed by atoms with Crippen molar-refractivity contribution in [2.45, 2.75) is 42.7 Å². The number of piperazine rings is 1. The largest absolute Gasteiger partial charge is 0.298 e. The van der Waals surface area contributed by atoms with Gasteiger partial charge in [0.1, 0.15) is 0 Å². The number of alkyl halides is 1. The summed E-state index contributed by atoms with van der Waals surface area (Å²) in [5.41, 5.74) is 0. The Balaban J connectivity index is 1.77. The smallest absolute Gasteiger partial charge is 0.0590 e. The van der Waals surface area contributed by atoms with Crippen LogP contribution in [0.3, 0.4) is 0 Å². The summed E-state index contributed by atoms with van der Waals surface area (Å²) in [4.78, 5) is 5.31. The van der Waals surface area contributed by atoms with Crippen molar-refractivity contribution in [3.8, 4) is 0 Å². The lowest BCUT2D eigenvalue weighted by Gasteiger charge is -2.39. The van der Waals surface area contributed by atoms with Crippen molar-refractivity contribution in [1.82, 2.24) is 9.80 Å². The van der Waals surface area contributed by atoms with Crippen molar-refractivity contribution in [2.75, 3.05) is 26.2 Å². The van der Waals surface area contributed by atoms with Gasteiger partial charge >= 0.3 is 0 Å². The maximum Gasteiger partial charge on any atom is 0.0590 e. The summed E-state index contributed by atoms with van der Waals surface area (Å²) in [6, 6.07) is 0.932. The molecule has 1 aliphatic carbocycles. The van der Waals surface area contributed by atoms with Gasteiger partial charge < -0.3 is 0 Å². The van der Waals surface area contributed by atoms with E-state index in [0.29, 0.717) is 4.05 Å². The van der Waals surface area contributed by atoms with Crippen LogP contribution in [0.25, 0.3) is 0 Å². The predicted octanol–water partition coefficient (Wildman–Crippen LogP) is 2.33. The summed E-state index contributed by atoms with van der Waals surface area (Å²) >= 11 is 2.52. The first-order valence-corrected chi connectivity index (χ1v) is 7.14. The van der Waals surface area contributed by atoms with E-state index >= 15 is 0 Å². The van der Waals surface area contributed by atoms with Crippen molar-refractivity contribution in [2.24, 2.45) is 0 Å². The Bertz CT molecular complexity index is 170. The van der Waals surface area contributed by atoms with Crippen molar-refractivity contribution in [3.05, 3.63) is 0 Å². The fourth-order valence-electron chi connectivity index (χ4n) is 2.73. The molecule has 14 heavy (non-hydrogen) atoms. The second kappa shape index (κ2) is 5.12. The zero-order chi connectivity index (χ0) is 9.97. The second-order valence-corrected chi connectivity index (χ2v) is 6.39. The van der Waals surface area contributed by atoms with Crippen LogP contribution in [0.15, 0.2) is 0 Å². The first-order valence-electron chi connectivity index (χ1n) is 5.89. The van der Waals surface area contributed by atoms with E-state index in [4.69, 9.17) is 0 Å². The van der Waals surface area contributed by atoms with Crippen molar-refractivity contribution in [3.63, 3.8) is 0 Å². The van der Waals surface area contributed by atoms with Crippen molar-refractivity contribution < 1.29 is 0 Å². The predicted molar refractivity (Wildman–Crippen MR) is 68.9 cm³/mol. The lowest BCUT2D eigenvalue weighted by atomic mass is 10.2. The Kier molecular flexibility index (Phi) is 4.08. The fourth-order valence-corrected chi connectivity index (χ4v) is 3.28. The molecule has 0 aromatic heterocycles. The van der Waals surface area contributed by atoms with Crippen LogP contribution in [0.4, 0.5) is 0 Å². The number of hydrogen-bond donors (Lipinski definition) is 0. The van der Waals surface area contributed by atoms with Gasteiger partial charge in [-0.05, 0) is 19.8 Å². The molecular formula is C11H21IN2. The van der Waals surface area contributed by atoms with E-state index in [0.717, 1.165) is 6.04 Å². The number of halogens is 1. The second-order valence-electron chi connectivity index (χ2n) is 4.58. The normalized spacial score (nSPS) is 29.6. The minimum Gasteiger partial charge on any atom is -0.298 e. The molecule has 0 aromatic carbocycles. The molecule has 0 bridgehead atoms. The highest BCUT2D eigenvalue weighted by Gasteiger charge is 2.26. The maximum absolute atomic E-state index is 2.72. The van der Waals surface area contributed by atoms with Crippen LogP contribution < -0.4 is 0 Å². The quantitative estimate of drug-likeness (QED) is 0.439. The summed E-state index contributed by atoms with van der Waals surface area (Å²) in [6.45, 7) is 7.46. The van der Waals surface area contributed by atoms with Gasteiger partial charge in [0.2, 0.25) is 0 Å².